The van der Waals surface area contributed by atoms with Crippen LogP contribution in [0.1, 0.15) is 38.5 Å². The van der Waals surface area contributed by atoms with E-state index < -0.39 is 20.1 Å². The lowest BCUT2D eigenvalue weighted by Crippen LogP contribution is -2.40. The van der Waals surface area contributed by atoms with Crippen molar-refractivity contribution in [2.45, 2.75) is 76.4 Å². The molecule has 0 saturated heterocycles. The minimum absolute atomic E-state index is 0.215. The third-order valence-corrected chi connectivity index (χ3v) is 5.70. The maximum Gasteiger partial charge on any atom is 0.306 e. The lowest BCUT2D eigenvalue weighted by molar-refractivity contribution is -0.142. The fraction of sp³-hybridized carbons (Fsp3) is 0.933. The number of carboxylic acids is 1. The molecule has 0 aliphatic rings. The van der Waals surface area contributed by atoms with Gasteiger partial charge in [0.05, 0.1) is 12.0 Å². The van der Waals surface area contributed by atoms with E-state index in [9.17, 15) is 15.0 Å². The zero-order chi connectivity index (χ0) is 16.5. The van der Waals surface area contributed by atoms with Crippen LogP contribution >= 0.6 is 0 Å². The van der Waals surface area contributed by atoms with Gasteiger partial charge < -0.3 is 21.7 Å². The van der Waals surface area contributed by atoms with Crippen molar-refractivity contribution in [1.29, 1.82) is 0 Å². The molecular weight excluding hydrogens is 284 g/mol. The zero-order valence-corrected chi connectivity index (χ0v) is 14.8. The normalized spacial score (nSPS) is 16.5. The molecule has 0 aromatic rings. The second-order valence-corrected chi connectivity index (χ2v) is 12.9. The largest absolute Gasteiger partial charge is 0.481 e. The molecule has 21 heavy (non-hydrogen) atoms. The maximum absolute atomic E-state index is 11.3. The van der Waals surface area contributed by atoms with Crippen molar-refractivity contribution in [3.63, 3.8) is 0 Å². The Bertz CT molecular complexity index is 295. The summed E-state index contributed by atoms with van der Waals surface area (Å²) < 4.78 is 0. The van der Waals surface area contributed by atoms with Crippen molar-refractivity contribution < 1.29 is 15.0 Å². The molecule has 0 radical (unpaired) electrons. The highest BCUT2D eigenvalue weighted by Gasteiger charge is 2.21. The van der Waals surface area contributed by atoms with Gasteiger partial charge in [-0.3, -0.25) is 4.79 Å². The van der Waals surface area contributed by atoms with Gasteiger partial charge in [0, 0.05) is 20.7 Å². The van der Waals surface area contributed by atoms with Crippen LogP contribution in [0, 0.1) is 5.92 Å². The summed E-state index contributed by atoms with van der Waals surface area (Å²) >= 11 is 0. The summed E-state index contributed by atoms with van der Waals surface area (Å²) in [7, 11) is -1.17. The van der Waals surface area contributed by atoms with E-state index in [1.807, 2.05) is 0 Å². The quantitative estimate of drug-likeness (QED) is 0.325. The van der Waals surface area contributed by atoms with Crippen LogP contribution in [0.25, 0.3) is 0 Å². The van der Waals surface area contributed by atoms with Crippen LogP contribution in [-0.2, 0) is 4.79 Å². The molecule has 0 aliphatic carbocycles. The molecular formula is C15H34N2O3Si. The molecule has 0 fully saturated rings. The molecule has 0 rings (SSSR count). The van der Waals surface area contributed by atoms with Crippen molar-refractivity contribution in [3.8, 4) is 0 Å². The van der Waals surface area contributed by atoms with E-state index in [2.05, 4.69) is 19.6 Å². The van der Waals surface area contributed by atoms with Gasteiger partial charge in [-0.25, -0.2) is 0 Å². The van der Waals surface area contributed by atoms with E-state index in [1.54, 1.807) is 0 Å². The highest BCUT2D eigenvalue weighted by Crippen LogP contribution is 2.22. The first kappa shape index (κ1) is 20.6. The Balaban J connectivity index is 3.87. The van der Waals surface area contributed by atoms with E-state index in [1.165, 1.54) is 0 Å². The number of hydrogen-bond donors (Lipinski definition) is 4. The maximum atomic E-state index is 11.3. The van der Waals surface area contributed by atoms with Gasteiger partial charge in [0.1, 0.15) is 0 Å². The number of aliphatic hydroxyl groups is 1. The lowest BCUT2D eigenvalue weighted by Gasteiger charge is -2.19. The van der Waals surface area contributed by atoms with Crippen LogP contribution in [0.4, 0.5) is 0 Å². The zero-order valence-electron chi connectivity index (χ0n) is 13.8. The number of carbonyl (C=O) groups is 1. The van der Waals surface area contributed by atoms with Gasteiger partial charge in [0.15, 0.2) is 0 Å². The molecule has 0 heterocycles. The highest BCUT2D eigenvalue weighted by molar-refractivity contribution is 6.76. The molecule has 0 aromatic carbocycles. The first-order chi connectivity index (χ1) is 9.67. The number of rotatable bonds is 12. The van der Waals surface area contributed by atoms with Crippen LogP contribution in [-0.4, -0.2) is 42.9 Å². The third-order valence-electron chi connectivity index (χ3n) is 3.91. The van der Waals surface area contributed by atoms with Crippen molar-refractivity contribution in [3.05, 3.63) is 0 Å². The molecule has 0 spiro atoms. The number of hydrogen-bond acceptors (Lipinski definition) is 4. The Morgan fingerprint density at radius 3 is 2.14 bits per heavy atom. The van der Waals surface area contributed by atoms with Gasteiger partial charge in [0.2, 0.25) is 0 Å². The lowest BCUT2D eigenvalue weighted by atomic mass is 9.97. The average molecular weight is 319 g/mol. The summed E-state index contributed by atoms with van der Waals surface area (Å²) in [6.07, 6.45) is 4.33. The summed E-state index contributed by atoms with van der Waals surface area (Å²) in [6.45, 7) is 7.11. The number of nitrogens with two attached hydrogens (primary N) is 2. The molecule has 3 unspecified atom stereocenters. The molecule has 5 nitrogen and oxygen atoms in total. The molecule has 126 valence electrons. The first-order valence-electron chi connectivity index (χ1n) is 8.04. The topological polar surface area (TPSA) is 110 Å². The fourth-order valence-electron chi connectivity index (χ4n) is 2.29. The number of unbranched alkanes of at least 4 members (excludes halogenated alkanes) is 2. The van der Waals surface area contributed by atoms with E-state index in [4.69, 9.17) is 11.5 Å². The minimum atomic E-state index is -1.17. The minimum Gasteiger partial charge on any atom is -0.481 e. The summed E-state index contributed by atoms with van der Waals surface area (Å²) in [4.78, 5) is 11.3. The highest BCUT2D eigenvalue weighted by atomic mass is 28.3. The van der Waals surface area contributed by atoms with Gasteiger partial charge in [-0.05, 0) is 19.3 Å². The standard InChI is InChI=1S/C15H34N2O3Si/c1-21(2,3)10-9-12(15(19)20)7-5-4-6-8-14(18)13(17)11-16/h12-14,18H,4-11,16-17H2,1-3H3,(H,19,20). The first-order valence-corrected chi connectivity index (χ1v) is 11.7. The van der Waals surface area contributed by atoms with Gasteiger partial charge in [0.25, 0.3) is 0 Å². The summed E-state index contributed by atoms with van der Waals surface area (Å²) in [5, 5.41) is 19.0. The third kappa shape index (κ3) is 10.9. The van der Waals surface area contributed by atoms with Crippen molar-refractivity contribution >= 4 is 14.0 Å². The molecule has 0 amide bonds. The predicted octanol–water partition coefficient (Wildman–Crippen LogP) is 2.01. The van der Waals surface area contributed by atoms with E-state index >= 15 is 0 Å². The van der Waals surface area contributed by atoms with Crippen LogP contribution in [0.2, 0.25) is 25.7 Å². The van der Waals surface area contributed by atoms with Crippen LogP contribution < -0.4 is 11.5 Å². The molecule has 0 aromatic heterocycles. The Morgan fingerprint density at radius 1 is 1.10 bits per heavy atom. The number of aliphatic carboxylic acids is 1. The van der Waals surface area contributed by atoms with Gasteiger partial charge in [-0.1, -0.05) is 44.9 Å². The Labute approximate surface area is 130 Å². The number of aliphatic hydroxyl groups excluding tert-OH is 1. The summed E-state index contributed by atoms with van der Waals surface area (Å²) in [5.41, 5.74) is 11.0. The molecule has 6 heteroatoms. The second kappa shape index (κ2) is 10.3. The SMILES string of the molecule is C[Si](C)(C)CCC(CCCCCC(O)C(N)CN)C(=O)O. The average Bonchev–Trinajstić information content (AvgIpc) is 2.38. The van der Waals surface area contributed by atoms with E-state index in [-0.39, 0.29) is 12.0 Å². The Morgan fingerprint density at radius 2 is 1.67 bits per heavy atom. The van der Waals surface area contributed by atoms with E-state index in [0.717, 1.165) is 38.1 Å². The van der Waals surface area contributed by atoms with E-state index in [0.29, 0.717) is 13.0 Å². The van der Waals surface area contributed by atoms with Gasteiger partial charge in [-0.2, -0.15) is 0 Å². The fourth-order valence-corrected chi connectivity index (χ4v) is 3.51. The molecule has 0 bridgehead atoms. The second-order valence-electron chi connectivity index (χ2n) is 7.24. The molecule has 3 atom stereocenters. The molecule has 6 N–H and O–H groups in total. The van der Waals surface area contributed by atoms with Gasteiger partial charge >= 0.3 is 5.97 Å². The van der Waals surface area contributed by atoms with Crippen molar-refractivity contribution in [2.24, 2.45) is 17.4 Å². The van der Waals surface area contributed by atoms with Crippen LogP contribution in [0.3, 0.4) is 0 Å². The molecule has 0 aliphatic heterocycles. The summed E-state index contributed by atoms with van der Waals surface area (Å²) in [5.74, 6) is -0.883. The van der Waals surface area contributed by atoms with Crippen molar-refractivity contribution in [1.82, 2.24) is 0 Å². The van der Waals surface area contributed by atoms with Crippen LogP contribution in [0.5, 0.6) is 0 Å². The predicted molar refractivity (Wildman–Crippen MR) is 90.0 cm³/mol. The Hall–Kier alpha value is -0.433. The van der Waals surface area contributed by atoms with Crippen molar-refractivity contribution in [2.75, 3.05) is 6.54 Å². The number of carboxylic acid groups (broad SMARTS) is 1. The Kier molecular flexibility index (Phi) is 10.1. The smallest absolute Gasteiger partial charge is 0.306 e. The van der Waals surface area contributed by atoms with Crippen LogP contribution in [0.15, 0.2) is 0 Å². The van der Waals surface area contributed by atoms with Gasteiger partial charge in [-0.15, -0.1) is 0 Å². The monoisotopic (exact) mass is 318 g/mol. The summed E-state index contributed by atoms with van der Waals surface area (Å²) in [6, 6.07) is 0.710. The molecule has 0 saturated carbocycles.